The van der Waals surface area contributed by atoms with Crippen LogP contribution in [0.15, 0.2) is 97.1 Å². The third-order valence-corrected chi connectivity index (χ3v) is 8.83. The van der Waals surface area contributed by atoms with Crippen LogP contribution in [0.3, 0.4) is 0 Å². The second kappa shape index (κ2) is 12.2. The summed E-state index contributed by atoms with van der Waals surface area (Å²) in [6, 6.07) is 31.2. The van der Waals surface area contributed by atoms with Crippen molar-refractivity contribution in [3.8, 4) is 11.1 Å². The number of hydrogen-bond acceptors (Lipinski definition) is 6. The van der Waals surface area contributed by atoms with E-state index in [0.717, 1.165) is 36.8 Å². The largest absolute Gasteiger partial charge is 0.290 e. The van der Waals surface area contributed by atoms with Crippen molar-refractivity contribution < 1.29 is 9.85 Å². The Kier molecular flexibility index (Phi) is 8.08. The number of hydrogen-bond donors (Lipinski definition) is 0. The molecule has 0 saturated heterocycles. The van der Waals surface area contributed by atoms with Crippen LogP contribution < -0.4 is 0 Å². The fraction of sp³-hybridized carbons (Fsp3) is 0.294. The first kappa shape index (κ1) is 27.8. The van der Waals surface area contributed by atoms with E-state index in [2.05, 4.69) is 58.3 Å². The van der Waals surface area contributed by atoms with Crippen LogP contribution in [0.2, 0.25) is 0 Å². The van der Waals surface area contributed by atoms with E-state index < -0.39 is 0 Å². The molecule has 1 aliphatic heterocycles. The molecule has 4 aromatic carbocycles. The van der Waals surface area contributed by atoms with Gasteiger partial charge in [-0.3, -0.25) is 30.0 Å². The summed E-state index contributed by atoms with van der Waals surface area (Å²) in [6.45, 7) is 2.20. The van der Waals surface area contributed by atoms with E-state index in [-0.39, 0.29) is 33.3 Å². The number of fused-ring (bicyclic) bond motifs is 4. The minimum Gasteiger partial charge on any atom is -0.290 e. The lowest BCUT2D eigenvalue weighted by Crippen LogP contribution is -2.52. The maximum absolute atomic E-state index is 12.0. The standard InChI is InChI=1S/C34H34N4O4/c39-37(40)31-17-7-3-13-27(31)23-35-21-25-11-1-5-15-29(25)30-16-6-2-12-26(30)22-36(34-20-10-9-19-33(34)35)24-28-14-4-8-18-32(28)38(41)42/h1-8,11-18,33-34H,9-10,19-24H2/t33-,34-/m1/s1. The van der Waals surface area contributed by atoms with Crippen molar-refractivity contribution in [2.24, 2.45) is 0 Å². The fourth-order valence-electron chi connectivity index (χ4n) is 6.89. The molecule has 0 unspecified atom stereocenters. The number of nitro groups is 2. The highest BCUT2D eigenvalue weighted by atomic mass is 16.6. The highest BCUT2D eigenvalue weighted by Crippen LogP contribution is 2.38. The number of nitro benzene ring substituents is 2. The zero-order valence-corrected chi connectivity index (χ0v) is 23.5. The molecular weight excluding hydrogens is 528 g/mol. The Morgan fingerprint density at radius 3 is 1.38 bits per heavy atom. The van der Waals surface area contributed by atoms with Gasteiger partial charge in [-0.15, -0.1) is 0 Å². The minimum absolute atomic E-state index is 0.125. The van der Waals surface area contributed by atoms with Gasteiger partial charge in [0.15, 0.2) is 0 Å². The third-order valence-electron chi connectivity index (χ3n) is 8.83. The molecule has 0 radical (unpaired) electrons. The van der Waals surface area contributed by atoms with Crippen LogP contribution in [-0.2, 0) is 26.2 Å². The molecule has 0 N–H and O–H groups in total. The Morgan fingerprint density at radius 1 is 0.571 bits per heavy atom. The molecule has 0 aromatic heterocycles. The van der Waals surface area contributed by atoms with Crippen LogP contribution in [0.1, 0.15) is 47.9 Å². The van der Waals surface area contributed by atoms with Gasteiger partial charge >= 0.3 is 0 Å². The average molecular weight is 563 g/mol. The van der Waals surface area contributed by atoms with Gasteiger partial charge < -0.3 is 0 Å². The zero-order valence-electron chi connectivity index (χ0n) is 23.5. The number of para-hydroxylation sites is 2. The van der Waals surface area contributed by atoms with Gasteiger partial charge in [-0.2, -0.15) is 0 Å². The van der Waals surface area contributed by atoms with Gasteiger partial charge in [0.25, 0.3) is 11.4 Å². The second-order valence-electron chi connectivity index (χ2n) is 11.3. The summed E-state index contributed by atoms with van der Waals surface area (Å²) in [5.41, 5.74) is 6.37. The molecule has 0 spiro atoms. The molecule has 8 nitrogen and oxygen atoms in total. The molecule has 2 aliphatic rings. The Morgan fingerprint density at radius 2 is 0.952 bits per heavy atom. The SMILES string of the molecule is O=[N+]([O-])c1ccccc1CN1Cc2ccccc2-c2ccccc2CN(Cc2ccccc2[N+](=O)[O-])[C@@H]2CCCC[C@H]21. The molecule has 8 heteroatoms. The van der Waals surface area contributed by atoms with Gasteiger partial charge in [0, 0.05) is 61.5 Å². The molecule has 1 heterocycles. The van der Waals surface area contributed by atoms with Gasteiger partial charge in [0.1, 0.15) is 0 Å². The smallest absolute Gasteiger partial charge is 0.273 e. The normalized spacial score (nSPS) is 19.2. The molecular formula is C34H34N4O4. The van der Waals surface area contributed by atoms with E-state index in [1.165, 1.54) is 11.1 Å². The van der Waals surface area contributed by atoms with E-state index >= 15 is 0 Å². The van der Waals surface area contributed by atoms with Gasteiger partial charge in [-0.1, -0.05) is 97.8 Å². The van der Waals surface area contributed by atoms with Crippen molar-refractivity contribution in [2.75, 3.05) is 0 Å². The topological polar surface area (TPSA) is 92.8 Å². The molecule has 214 valence electrons. The first-order chi connectivity index (χ1) is 20.5. The third kappa shape index (κ3) is 5.68. The van der Waals surface area contributed by atoms with Crippen LogP contribution in [0.5, 0.6) is 0 Å². The summed E-state index contributed by atoms with van der Waals surface area (Å²) in [5.74, 6) is 0. The van der Waals surface area contributed by atoms with Crippen LogP contribution in [0.4, 0.5) is 11.4 Å². The van der Waals surface area contributed by atoms with Crippen LogP contribution in [-0.4, -0.2) is 31.7 Å². The molecule has 1 aliphatic carbocycles. The van der Waals surface area contributed by atoms with Crippen molar-refractivity contribution >= 4 is 11.4 Å². The summed E-state index contributed by atoms with van der Waals surface area (Å²) in [4.78, 5) is 28.2. The van der Waals surface area contributed by atoms with Gasteiger partial charge in [0.05, 0.1) is 9.85 Å². The Hall–Kier alpha value is -4.40. The Bertz CT molecular complexity index is 1490. The second-order valence-corrected chi connectivity index (χ2v) is 11.3. The molecule has 2 atom stereocenters. The summed E-state index contributed by atoms with van der Waals surface area (Å²) >= 11 is 0. The molecule has 4 aromatic rings. The first-order valence-corrected chi connectivity index (χ1v) is 14.6. The number of nitrogens with zero attached hydrogens (tertiary/aromatic N) is 4. The molecule has 0 amide bonds. The predicted octanol–water partition coefficient (Wildman–Crippen LogP) is 7.50. The van der Waals surface area contributed by atoms with Crippen LogP contribution >= 0.6 is 0 Å². The molecule has 1 fully saturated rings. The van der Waals surface area contributed by atoms with E-state index in [0.29, 0.717) is 37.3 Å². The average Bonchev–Trinajstić information content (AvgIpc) is 3.01. The lowest BCUT2D eigenvalue weighted by atomic mass is 9.85. The van der Waals surface area contributed by atoms with Gasteiger partial charge in [-0.05, 0) is 35.1 Å². The number of benzene rings is 4. The lowest BCUT2D eigenvalue weighted by molar-refractivity contribution is -0.386. The van der Waals surface area contributed by atoms with Crippen LogP contribution in [0, 0.1) is 20.2 Å². The highest BCUT2D eigenvalue weighted by Gasteiger charge is 2.37. The molecule has 42 heavy (non-hydrogen) atoms. The Labute approximate surface area is 245 Å². The van der Waals surface area contributed by atoms with E-state index in [1.54, 1.807) is 24.3 Å². The summed E-state index contributed by atoms with van der Waals surface area (Å²) in [7, 11) is 0. The van der Waals surface area contributed by atoms with Crippen molar-refractivity contribution in [2.45, 2.75) is 63.9 Å². The lowest BCUT2D eigenvalue weighted by Gasteiger charge is -2.46. The predicted molar refractivity (Wildman–Crippen MR) is 163 cm³/mol. The Balaban J connectivity index is 1.50. The summed E-state index contributed by atoms with van der Waals surface area (Å²) in [6.07, 6.45) is 4.07. The maximum Gasteiger partial charge on any atom is 0.273 e. The number of rotatable bonds is 6. The van der Waals surface area contributed by atoms with E-state index in [1.807, 2.05) is 24.3 Å². The van der Waals surface area contributed by atoms with E-state index in [4.69, 9.17) is 0 Å². The van der Waals surface area contributed by atoms with Crippen molar-refractivity contribution in [1.82, 2.24) is 9.80 Å². The van der Waals surface area contributed by atoms with Crippen molar-refractivity contribution in [3.05, 3.63) is 140 Å². The quantitative estimate of drug-likeness (QED) is 0.178. The monoisotopic (exact) mass is 562 g/mol. The fourth-order valence-corrected chi connectivity index (χ4v) is 6.89. The summed E-state index contributed by atoms with van der Waals surface area (Å²) in [5, 5.41) is 23.9. The maximum atomic E-state index is 12.0. The molecule has 0 bridgehead atoms. The van der Waals surface area contributed by atoms with E-state index in [9.17, 15) is 20.2 Å². The van der Waals surface area contributed by atoms with Crippen molar-refractivity contribution in [1.29, 1.82) is 0 Å². The molecule has 6 rings (SSSR count). The first-order valence-electron chi connectivity index (χ1n) is 14.6. The molecule has 1 saturated carbocycles. The highest BCUT2D eigenvalue weighted by molar-refractivity contribution is 5.71. The van der Waals surface area contributed by atoms with Gasteiger partial charge in [0.2, 0.25) is 0 Å². The minimum atomic E-state index is -0.292. The van der Waals surface area contributed by atoms with Gasteiger partial charge in [-0.25, -0.2) is 0 Å². The van der Waals surface area contributed by atoms with Crippen molar-refractivity contribution in [3.63, 3.8) is 0 Å². The summed E-state index contributed by atoms with van der Waals surface area (Å²) < 4.78 is 0. The van der Waals surface area contributed by atoms with Crippen LogP contribution in [0.25, 0.3) is 11.1 Å². The zero-order chi connectivity index (χ0) is 29.1.